The van der Waals surface area contributed by atoms with Crippen LogP contribution in [0.4, 0.5) is 13.2 Å². The fourth-order valence-corrected chi connectivity index (χ4v) is 5.14. The van der Waals surface area contributed by atoms with Gasteiger partial charge in [-0.3, -0.25) is 4.79 Å². The van der Waals surface area contributed by atoms with E-state index in [0.717, 1.165) is 43.0 Å². The average Bonchev–Trinajstić information content (AvgIpc) is 3.11. The summed E-state index contributed by atoms with van der Waals surface area (Å²) in [5.74, 6) is -0.0868. The lowest BCUT2D eigenvalue weighted by Gasteiger charge is -2.24. The molecular weight excluding hydrogens is 441 g/mol. The van der Waals surface area contributed by atoms with Crippen LogP contribution in [0, 0.1) is 19.8 Å². The molecule has 0 aliphatic heterocycles. The van der Waals surface area contributed by atoms with E-state index in [1.165, 1.54) is 50.7 Å². The normalized spacial score (nSPS) is 17.8. The maximum atomic E-state index is 13.2. The van der Waals surface area contributed by atoms with Crippen molar-refractivity contribution < 1.29 is 23.1 Å². The molecule has 2 saturated carbocycles. The second kappa shape index (κ2) is 11.4. The van der Waals surface area contributed by atoms with Gasteiger partial charge in [0, 0.05) is 23.5 Å². The fourth-order valence-electron chi connectivity index (χ4n) is 5.14. The smallest absolute Gasteiger partial charge is 0.393 e. The number of carbonyl (C=O) groups is 1. The number of aliphatic hydroxyl groups excluding tert-OH is 1. The quantitative estimate of drug-likeness (QED) is 0.508. The highest BCUT2D eigenvalue weighted by atomic mass is 19.4. The lowest BCUT2D eigenvalue weighted by Crippen LogP contribution is -2.17. The first kappa shape index (κ1) is 26.3. The number of hydrogen-bond donors (Lipinski definition) is 2. The molecule has 4 rings (SSSR count). The number of primary amides is 1. The summed E-state index contributed by atoms with van der Waals surface area (Å²) in [6, 6.07) is 5.39. The number of amides is 1. The van der Waals surface area contributed by atoms with E-state index in [0.29, 0.717) is 29.3 Å². The van der Waals surface area contributed by atoms with Gasteiger partial charge in [-0.25, -0.2) is 0 Å². The highest BCUT2D eigenvalue weighted by Crippen LogP contribution is 2.36. The van der Waals surface area contributed by atoms with Crippen LogP contribution in [-0.4, -0.2) is 21.7 Å². The molecule has 1 aromatic carbocycles. The minimum atomic E-state index is -4.41. The van der Waals surface area contributed by atoms with Crippen LogP contribution < -0.4 is 5.73 Å². The SMILES string of the molecule is Cc1ccc(C(F)(F)F)cc1-c1cc(C(N)=O)c(C)n1CC1CCCCC1.OC1CCCCC1. The molecule has 0 bridgehead atoms. The van der Waals surface area contributed by atoms with Crippen molar-refractivity contribution in [2.24, 2.45) is 11.7 Å². The van der Waals surface area contributed by atoms with Crippen LogP contribution in [0.25, 0.3) is 11.3 Å². The molecule has 7 heteroatoms. The monoisotopic (exact) mass is 478 g/mol. The molecule has 1 heterocycles. The molecule has 34 heavy (non-hydrogen) atoms. The predicted octanol–water partition coefficient (Wildman–Crippen LogP) is 6.78. The van der Waals surface area contributed by atoms with E-state index in [-0.39, 0.29) is 6.10 Å². The second-order valence-electron chi connectivity index (χ2n) is 9.83. The van der Waals surface area contributed by atoms with Crippen molar-refractivity contribution in [1.29, 1.82) is 0 Å². The van der Waals surface area contributed by atoms with E-state index in [2.05, 4.69) is 0 Å². The number of rotatable bonds is 4. The number of hydrogen-bond acceptors (Lipinski definition) is 2. The lowest BCUT2D eigenvalue weighted by molar-refractivity contribution is -0.137. The van der Waals surface area contributed by atoms with Crippen molar-refractivity contribution in [3.05, 3.63) is 46.6 Å². The summed E-state index contributed by atoms with van der Waals surface area (Å²) in [5, 5.41) is 8.91. The summed E-state index contributed by atoms with van der Waals surface area (Å²) in [5.41, 5.74) is 7.79. The zero-order chi connectivity index (χ0) is 24.9. The van der Waals surface area contributed by atoms with Gasteiger partial charge < -0.3 is 15.4 Å². The Balaban J connectivity index is 0.000000396. The molecule has 188 valence electrons. The molecule has 0 saturated heterocycles. The molecular formula is C27H37F3N2O2. The summed E-state index contributed by atoms with van der Waals surface area (Å²) < 4.78 is 41.6. The van der Waals surface area contributed by atoms with E-state index >= 15 is 0 Å². The van der Waals surface area contributed by atoms with E-state index in [1.54, 1.807) is 13.0 Å². The molecule has 4 nitrogen and oxygen atoms in total. The first-order valence-electron chi connectivity index (χ1n) is 12.4. The van der Waals surface area contributed by atoms with Crippen LogP contribution >= 0.6 is 0 Å². The fraction of sp³-hybridized carbons (Fsp3) is 0.593. The maximum absolute atomic E-state index is 13.2. The zero-order valence-electron chi connectivity index (χ0n) is 20.3. The van der Waals surface area contributed by atoms with Crippen LogP contribution in [0.1, 0.15) is 91.4 Å². The number of halogens is 3. The number of aryl methyl sites for hydroxylation is 1. The number of carbonyl (C=O) groups excluding carboxylic acids is 1. The minimum absolute atomic E-state index is 0.0359. The van der Waals surface area contributed by atoms with Gasteiger partial charge >= 0.3 is 6.18 Å². The minimum Gasteiger partial charge on any atom is -0.393 e. The Kier molecular flexibility index (Phi) is 8.85. The number of alkyl halides is 3. The molecule has 2 aliphatic carbocycles. The summed E-state index contributed by atoms with van der Waals surface area (Å²) in [6.07, 6.45) is 7.29. The Morgan fingerprint density at radius 3 is 2.09 bits per heavy atom. The van der Waals surface area contributed by atoms with Gasteiger partial charge in [0.05, 0.1) is 17.2 Å². The summed E-state index contributed by atoms with van der Waals surface area (Å²) in [4.78, 5) is 11.9. The van der Waals surface area contributed by atoms with Crippen LogP contribution in [0.3, 0.4) is 0 Å². The lowest BCUT2D eigenvalue weighted by atomic mass is 9.89. The van der Waals surface area contributed by atoms with Gasteiger partial charge in [0.25, 0.3) is 5.91 Å². The van der Waals surface area contributed by atoms with E-state index in [4.69, 9.17) is 10.8 Å². The zero-order valence-corrected chi connectivity index (χ0v) is 20.3. The molecule has 0 unspecified atom stereocenters. The third-order valence-electron chi connectivity index (χ3n) is 7.21. The molecule has 1 aromatic heterocycles. The number of aromatic nitrogens is 1. The molecule has 0 spiro atoms. The van der Waals surface area contributed by atoms with Gasteiger partial charge in [0.15, 0.2) is 0 Å². The Labute approximate surface area is 200 Å². The predicted molar refractivity (Wildman–Crippen MR) is 129 cm³/mol. The van der Waals surface area contributed by atoms with Gasteiger partial charge in [-0.15, -0.1) is 0 Å². The second-order valence-corrected chi connectivity index (χ2v) is 9.83. The van der Waals surface area contributed by atoms with Crippen molar-refractivity contribution in [2.75, 3.05) is 0 Å². The van der Waals surface area contributed by atoms with Gasteiger partial charge in [0.2, 0.25) is 0 Å². The van der Waals surface area contributed by atoms with Gasteiger partial charge in [-0.1, -0.05) is 44.6 Å². The van der Waals surface area contributed by atoms with Crippen molar-refractivity contribution in [3.63, 3.8) is 0 Å². The first-order valence-corrected chi connectivity index (χ1v) is 12.4. The molecule has 0 radical (unpaired) electrons. The number of benzene rings is 1. The highest BCUT2D eigenvalue weighted by Gasteiger charge is 2.31. The summed E-state index contributed by atoms with van der Waals surface area (Å²) >= 11 is 0. The van der Waals surface area contributed by atoms with Crippen molar-refractivity contribution in [1.82, 2.24) is 4.57 Å². The first-order chi connectivity index (χ1) is 16.1. The Morgan fingerprint density at radius 2 is 1.59 bits per heavy atom. The van der Waals surface area contributed by atoms with Crippen molar-refractivity contribution in [2.45, 2.75) is 96.9 Å². The van der Waals surface area contributed by atoms with Crippen LogP contribution in [0.5, 0.6) is 0 Å². The van der Waals surface area contributed by atoms with E-state index in [1.807, 2.05) is 11.5 Å². The summed E-state index contributed by atoms with van der Waals surface area (Å²) in [6.45, 7) is 4.30. The third-order valence-corrected chi connectivity index (χ3v) is 7.21. The van der Waals surface area contributed by atoms with E-state index in [9.17, 15) is 18.0 Å². The van der Waals surface area contributed by atoms with Gasteiger partial charge in [0.1, 0.15) is 0 Å². The Morgan fingerprint density at radius 1 is 1.00 bits per heavy atom. The van der Waals surface area contributed by atoms with Crippen LogP contribution in [0.2, 0.25) is 0 Å². The topological polar surface area (TPSA) is 68.2 Å². The summed E-state index contributed by atoms with van der Waals surface area (Å²) in [7, 11) is 0. The van der Waals surface area contributed by atoms with Crippen molar-refractivity contribution in [3.8, 4) is 11.3 Å². The molecule has 2 fully saturated rings. The third kappa shape index (κ3) is 6.65. The molecule has 2 aromatic rings. The maximum Gasteiger partial charge on any atom is 0.416 e. The largest absolute Gasteiger partial charge is 0.416 e. The van der Waals surface area contributed by atoms with Crippen molar-refractivity contribution >= 4 is 5.91 Å². The Hall–Kier alpha value is -2.28. The molecule has 2 aliphatic rings. The molecule has 3 N–H and O–H groups in total. The van der Waals surface area contributed by atoms with Gasteiger partial charge in [-0.2, -0.15) is 13.2 Å². The van der Waals surface area contributed by atoms with Crippen LogP contribution in [0.15, 0.2) is 24.3 Å². The molecule has 0 atom stereocenters. The number of aliphatic hydroxyl groups is 1. The Bertz CT molecular complexity index is 969. The molecule has 1 amide bonds. The van der Waals surface area contributed by atoms with Crippen LogP contribution in [-0.2, 0) is 12.7 Å². The highest BCUT2D eigenvalue weighted by molar-refractivity contribution is 5.95. The standard InChI is InChI=1S/C21H25F3N2O.C6H12O/c1-13-8-9-16(21(22,23)24)10-17(13)19-11-18(20(25)27)14(2)26(19)12-15-6-4-3-5-7-15;7-6-4-2-1-3-5-6/h8-11,15H,3-7,12H2,1-2H3,(H2,25,27);6-7H,1-5H2. The number of nitrogens with zero attached hydrogens (tertiary/aromatic N) is 1. The van der Waals surface area contributed by atoms with E-state index < -0.39 is 17.6 Å². The number of nitrogens with two attached hydrogens (primary N) is 1. The van der Waals surface area contributed by atoms with Gasteiger partial charge in [-0.05, 0) is 69.2 Å². The average molecular weight is 479 g/mol.